The number of carbonyl (C=O) groups is 1. The van der Waals surface area contributed by atoms with Crippen LogP contribution in [0.3, 0.4) is 0 Å². The van der Waals surface area contributed by atoms with Crippen LogP contribution in [0.25, 0.3) is 0 Å². The van der Waals surface area contributed by atoms with E-state index in [2.05, 4.69) is 4.74 Å². The first-order valence-corrected chi connectivity index (χ1v) is 14.2. The summed E-state index contributed by atoms with van der Waals surface area (Å²) in [5, 5.41) is 0.274. The molecule has 0 aromatic heterocycles. The molecule has 0 N–H and O–H groups in total. The highest BCUT2D eigenvalue weighted by molar-refractivity contribution is 7.92. The molecule has 6 nitrogen and oxygen atoms in total. The number of esters is 1. The first-order chi connectivity index (χ1) is 17.4. The van der Waals surface area contributed by atoms with Crippen LogP contribution in [0.1, 0.15) is 24.1 Å². The highest BCUT2D eigenvalue weighted by atomic mass is 35.5. The van der Waals surface area contributed by atoms with Crippen molar-refractivity contribution in [3.05, 3.63) is 94.3 Å². The maximum atomic E-state index is 14.9. The third-order valence-electron chi connectivity index (χ3n) is 5.53. The predicted octanol–water partition coefficient (Wildman–Crippen LogP) is 5.18. The van der Waals surface area contributed by atoms with E-state index in [0.29, 0.717) is 5.56 Å². The molecule has 37 heavy (non-hydrogen) atoms. The van der Waals surface area contributed by atoms with Crippen molar-refractivity contribution < 1.29 is 35.3 Å². The van der Waals surface area contributed by atoms with Gasteiger partial charge in [0, 0.05) is 27.6 Å². The van der Waals surface area contributed by atoms with Crippen LogP contribution in [-0.4, -0.2) is 37.2 Å². The SMILES string of the molecule is COC(=O)CS(=O)CCc1cc(F)ccc1C(C)N(c1cc(F)ccc1F)S(=O)(=O)c1ccc(Cl)cc1. The van der Waals surface area contributed by atoms with Gasteiger partial charge in [0.2, 0.25) is 0 Å². The van der Waals surface area contributed by atoms with Gasteiger partial charge in [-0.05, 0) is 73.0 Å². The fourth-order valence-corrected chi connectivity index (χ4v) is 6.47. The average molecular weight is 574 g/mol. The topological polar surface area (TPSA) is 80.8 Å². The number of hydrogen-bond acceptors (Lipinski definition) is 5. The van der Waals surface area contributed by atoms with Crippen molar-refractivity contribution >= 4 is 44.1 Å². The first-order valence-electron chi connectivity index (χ1n) is 10.9. The summed E-state index contributed by atoms with van der Waals surface area (Å²) in [6.07, 6.45) is 0.0154. The molecule has 2 atom stereocenters. The lowest BCUT2D eigenvalue weighted by atomic mass is 9.99. The lowest BCUT2D eigenvalue weighted by Gasteiger charge is -2.32. The molecule has 0 amide bonds. The Morgan fingerprint density at radius 1 is 1.03 bits per heavy atom. The van der Waals surface area contributed by atoms with Crippen molar-refractivity contribution in [1.82, 2.24) is 0 Å². The van der Waals surface area contributed by atoms with Gasteiger partial charge in [-0.25, -0.2) is 21.6 Å². The van der Waals surface area contributed by atoms with E-state index in [1.807, 2.05) is 0 Å². The first kappa shape index (κ1) is 28.7. The number of methoxy groups -OCH3 is 1. The van der Waals surface area contributed by atoms with E-state index in [4.69, 9.17) is 11.6 Å². The summed E-state index contributed by atoms with van der Waals surface area (Å²) in [6, 6.07) is 10.0. The lowest BCUT2D eigenvalue weighted by Crippen LogP contribution is -2.35. The zero-order chi connectivity index (χ0) is 27.3. The zero-order valence-corrected chi connectivity index (χ0v) is 22.2. The van der Waals surface area contributed by atoms with E-state index in [1.165, 1.54) is 37.3 Å². The minimum absolute atomic E-state index is 0.0154. The number of benzene rings is 3. The Morgan fingerprint density at radius 2 is 1.65 bits per heavy atom. The van der Waals surface area contributed by atoms with Crippen LogP contribution >= 0.6 is 11.6 Å². The molecule has 0 aliphatic carbocycles. The summed E-state index contributed by atoms with van der Waals surface area (Å²) < 4.78 is 88.3. The molecule has 0 aliphatic rings. The van der Waals surface area contributed by atoms with Gasteiger partial charge in [-0.15, -0.1) is 0 Å². The minimum Gasteiger partial charge on any atom is -0.468 e. The summed E-state index contributed by atoms with van der Waals surface area (Å²) in [4.78, 5) is 11.2. The van der Waals surface area contributed by atoms with Crippen LogP contribution in [0, 0.1) is 17.5 Å². The monoisotopic (exact) mass is 573 g/mol. The fraction of sp³-hybridized carbons (Fsp3) is 0.240. The molecule has 0 heterocycles. The molecule has 3 aromatic rings. The lowest BCUT2D eigenvalue weighted by molar-refractivity contribution is -0.137. The Labute approximate surface area is 220 Å². The molecule has 12 heteroatoms. The number of hydrogen-bond donors (Lipinski definition) is 0. The van der Waals surface area contributed by atoms with Crippen molar-refractivity contribution in [3.63, 3.8) is 0 Å². The van der Waals surface area contributed by atoms with Gasteiger partial charge in [0.25, 0.3) is 10.0 Å². The summed E-state index contributed by atoms with van der Waals surface area (Å²) in [7, 11) is -4.95. The summed E-state index contributed by atoms with van der Waals surface area (Å²) in [5.41, 5.74) is 0.0171. The Morgan fingerprint density at radius 3 is 2.30 bits per heavy atom. The Kier molecular flexibility index (Phi) is 9.38. The van der Waals surface area contributed by atoms with Crippen molar-refractivity contribution in [2.45, 2.75) is 24.3 Å². The molecular formula is C25H23ClF3NO5S2. The fourth-order valence-electron chi connectivity index (χ4n) is 3.73. The number of nitrogens with zero attached hydrogens (tertiary/aromatic N) is 1. The minimum atomic E-state index is -4.48. The Hall–Kier alpha value is -2.89. The van der Waals surface area contributed by atoms with E-state index in [0.717, 1.165) is 41.7 Å². The van der Waals surface area contributed by atoms with Gasteiger partial charge in [-0.2, -0.15) is 0 Å². The van der Waals surface area contributed by atoms with Gasteiger partial charge in [-0.3, -0.25) is 13.3 Å². The van der Waals surface area contributed by atoms with Crippen molar-refractivity contribution in [3.8, 4) is 0 Å². The second kappa shape index (κ2) is 12.1. The van der Waals surface area contributed by atoms with Crippen LogP contribution in [0.2, 0.25) is 5.02 Å². The number of carbonyl (C=O) groups excluding carboxylic acids is 1. The van der Waals surface area contributed by atoms with E-state index in [1.54, 1.807) is 0 Å². The molecule has 0 aliphatic heterocycles. The summed E-state index contributed by atoms with van der Waals surface area (Å²) >= 11 is 5.89. The average Bonchev–Trinajstić information content (AvgIpc) is 2.85. The quantitative estimate of drug-likeness (QED) is 0.312. The third kappa shape index (κ3) is 6.91. The molecular weight excluding hydrogens is 551 g/mol. The van der Waals surface area contributed by atoms with Gasteiger partial charge in [0.1, 0.15) is 23.2 Å². The number of rotatable bonds is 10. The van der Waals surface area contributed by atoms with Gasteiger partial charge in [0.15, 0.2) is 0 Å². The molecule has 0 saturated carbocycles. The molecule has 0 bridgehead atoms. The highest BCUT2D eigenvalue weighted by Gasteiger charge is 2.33. The number of ether oxygens (including phenoxy) is 1. The largest absolute Gasteiger partial charge is 0.468 e. The van der Waals surface area contributed by atoms with Crippen LogP contribution in [0.4, 0.5) is 18.9 Å². The van der Waals surface area contributed by atoms with Gasteiger partial charge in [-0.1, -0.05) is 17.7 Å². The highest BCUT2D eigenvalue weighted by Crippen LogP contribution is 2.37. The van der Waals surface area contributed by atoms with Crippen molar-refractivity contribution in [1.29, 1.82) is 0 Å². The second-order valence-corrected chi connectivity index (χ2v) is 11.8. The molecule has 198 valence electrons. The summed E-state index contributed by atoms with van der Waals surface area (Å²) in [5.74, 6) is -3.56. The smallest absolute Gasteiger partial charge is 0.318 e. The molecule has 0 radical (unpaired) electrons. The number of anilines is 1. The molecule has 0 spiro atoms. The maximum Gasteiger partial charge on any atom is 0.318 e. The zero-order valence-electron chi connectivity index (χ0n) is 19.8. The normalized spacial score (nSPS) is 13.1. The van der Waals surface area contributed by atoms with Crippen LogP contribution in [0.15, 0.2) is 65.6 Å². The van der Waals surface area contributed by atoms with Crippen LogP contribution in [0.5, 0.6) is 0 Å². The van der Waals surface area contributed by atoms with Gasteiger partial charge >= 0.3 is 5.97 Å². The van der Waals surface area contributed by atoms with Crippen LogP contribution < -0.4 is 4.31 Å². The molecule has 2 unspecified atom stereocenters. The number of halogens is 4. The van der Waals surface area contributed by atoms with E-state index in [9.17, 15) is 30.6 Å². The summed E-state index contributed by atoms with van der Waals surface area (Å²) in [6.45, 7) is 1.44. The van der Waals surface area contributed by atoms with Crippen LogP contribution in [-0.2, 0) is 36.8 Å². The number of aryl methyl sites for hydroxylation is 1. The van der Waals surface area contributed by atoms with Crippen molar-refractivity contribution in [2.75, 3.05) is 22.9 Å². The van der Waals surface area contributed by atoms with Crippen molar-refractivity contribution in [2.24, 2.45) is 0 Å². The molecule has 3 rings (SSSR count). The van der Waals surface area contributed by atoms with Gasteiger partial charge < -0.3 is 4.74 Å². The molecule has 0 saturated heterocycles. The van der Waals surface area contributed by atoms with E-state index < -0.39 is 56.0 Å². The van der Waals surface area contributed by atoms with E-state index in [-0.39, 0.29) is 33.4 Å². The van der Waals surface area contributed by atoms with Gasteiger partial charge in [0.05, 0.1) is 23.7 Å². The second-order valence-electron chi connectivity index (χ2n) is 7.98. The van der Waals surface area contributed by atoms with E-state index >= 15 is 0 Å². The molecule has 3 aromatic carbocycles. The standard InChI is InChI=1S/C25H23ClF3NO5S2/c1-16(22-9-5-19(27)13-17(22)11-12-36(32)15-25(31)35-2)30(24-14-20(28)6-10-23(24)29)37(33,34)21-7-3-18(26)4-8-21/h3-10,13-14,16H,11-12,15H2,1-2H3. The predicted molar refractivity (Wildman–Crippen MR) is 136 cm³/mol. The maximum absolute atomic E-state index is 14.9. The third-order valence-corrected chi connectivity index (χ3v) is 8.90. The molecule has 0 fully saturated rings. The Balaban J connectivity index is 2.10. The number of sulfonamides is 1. The Bertz CT molecular complexity index is 1420.